The molecule has 0 saturated heterocycles. The molecule has 1 aromatic carbocycles. The highest BCUT2D eigenvalue weighted by molar-refractivity contribution is 6.31. The van der Waals surface area contributed by atoms with Gasteiger partial charge in [0.25, 0.3) is 5.91 Å². The van der Waals surface area contributed by atoms with Crippen molar-refractivity contribution < 1.29 is 9.90 Å². The minimum absolute atomic E-state index is 0.0486. The van der Waals surface area contributed by atoms with Crippen molar-refractivity contribution in [2.24, 2.45) is 0 Å². The fourth-order valence-corrected chi connectivity index (χ4v) is 2.24. The minimum Gasteiger partial charge on any atom is -0.398 e. The summed E-state index contributed by atoms with van der Waals surface area (Å²) in [7, 11) is 0. The van der Waals surface area contributed by atoms with E-state index in [-0.39, 0.29) is 12.5 Å². The highest BCUT2D eigenvalue weighted by atomic mass is 35.5. The number of halogens is 1. The standard InChI is InChI=1S/C15H23ClN2O2/c1-2-3-4-5-8-18(9-10-19)15(20)13-7-6-12(16)11-14(13)17/h6-7,11,19H,2-5,8-10,17H2,1H3. The third-order valence-corrected chi connectivity index (χ3v) is 3.42. The number of amides is 1. The number of hydrogen-bond acceptors (Lipinski definition) is 3. The van der Waals surface area contributed by atoms with E-state index in [9.17, 15) is 4.79 Å². The van der Waals surface area contributed by atoms with Crippen molar-refractivity contribution in [2.45, 2.75) is 32.6 Å². The van der Waals surface area contributed by atoms with Gasteiger partial charge in [-0.1, -0.05) is 37.8 Å². The van der Waals surface area contributed by atoms with E-state index in [0.717, 1.165) is 25.7 Å². The van der Waals surface area contributed by atoms with Gasteiger partial charge in [-0.3, -0.25) is 4.79 Å². The van der Waals surface area contributed by atoms with Gasteiger partial charge in [-0.05, 0) is 24.6 Å². The smallest absolute Gasteiger partial charge is 0.256 e. The van der Waals surface area contributed by atoms with Crippen molar-refractivity contribution in [2.75, 3.05) is 25.4 Å². The molecular formula is C15H23ClN2O2. The van der Waals surface area contributed by atoms with Crippen molar-refractivity contribution in [1.29, 1.82) is 0 Å². The molecule has 0 aliphatic rings. The Kier molecular flexibility index (Phi) is 7.41. The summed E-state index contributed by atoms with van der Waals surface area (Å²) in [5.74, 6) is -0.148. The van der Waals surface area contributed by atoms with E-state index in [1.165, 1.54) is 0 Å². The summed E-state index contributed by atoms with van der Waals surface area (Å²) in [6, 6.07) is 4.86. The number of unbranched alkanes of at least 4 members (excludes halogenated alkanes) is 3. The van der Waals surface area contributed by atoms with Crippen LogP contribution in [0, 0.1) is 0 Å². The molecule has 1 aromatic rings. The number of nitrogen functional groups attached to an aromatic ring is 1. The molecule has 0 unspecified atom stereocenters. The van der Waals surface area contributed by atoms with Crippen LogP contribution in [-0.4, -0.2) is 35.6 Å². The Morgan fingerprint density at radius 2 is 2.05 bits per heavy atom. The molecule has 0 spiro atoms. The van der Waals surface area contributed by atoms with Gasteiger partial charge in [-0.25, -0.2) is 0 Å². The number of benzene rings is 1. The van der Waals surface area contributed by atoms with Crippen molar-refractivity contribution in [3.63, 3.8) is 0 Å². The van der Waals surface area contributed by atoms with E-state index in [2.05, 4.69) is 6.92 Å². The molecule has 0 aliphatic carbocycles. The van der Waals surface area contributed by atoms with E-state index < -0.39 is 0 Å². The van der Waals surface area contributed by atoms with Gasteiger partial charge in [0.1, 0.15) is 0 Å². The average Bonchev–Trinajstić information content (AvgIpc) is 2.41. The van der Waals surface area contributed by atoms with E-state index in [4.69, 9.17) is 22.4 Å². The number of aliphatic hydroxyl groups is 1. The normalized spacial score (nSPS) is 10.6. The van der Waals surface area contributed by atoms with Gasteiger partial charge >= 0.3 is 0 Å². The number of anilines is 1. The van der Waals surface area contributed by atoms with Crippen LogP contribution in [0.2, 0.25) is 5.02 Å². The summed E-state index contributed by atoms with van der Waals surface area (Å²) in [6.07, 6.45) is 4.33. The Balaban J connectivity index is 2.72. The highest BCUT2D eigenvalue weighted by Gasteiger charge is 2.17. The molecule has 0 saturated carbocycles. The molecule has 0 radical (unpaired) electrons. The van der Waals surface area contributed by atoms with Crippen molar-refractivity contribution >= 4 is 23.2 Å². The zero-order valence-electron chi connectivity index (χ0n) is 11.9. The second-order valence-electron chi connectivity index (χ2n) is 4.81. The number of hydrogen-bond donors (Lipinski definition) is 2. The summed E-state index contributed by atoms with van der Waals surface area (Å²) < 4.78 is 0. The Labute approximate surface area is 125 Å². The lowest BCUT2D eigenvalue weighted by Crippen LogP contribution is -2.34. The molecule has 1 rings (SSSR count). The van der Waals surface area contributed by atoms with E-state index in [1.54, 1.807) is 23.1 Å². The van der Waals surface area contributed by atoms with Crippen molar-refractivity contribution in [3.8, 4) is 0 Å². The van der Waals surface area contributed by atoms with Gasteiger partial charge in [-0.2, -0.15) is 0 Å². The molecule has 0 atom stereocenters. The third kappa shape index (κ3) is 5.02. The summed E-state index contributed by atoms with van der Waals surface area (Å²) in [6.45, 7) is 3.06. The predicted molar refractivity (Wildman–Crippen MR) is 83.0 cm³/mol. The first kappa shape index (κ1) is 16.8. The summed E-state index contributed by atoms with van der Waals surface area (Å²) in [5, 5.41) is 9.61. The average molecular weight is 299 g/mol. The van der Waals surface area contributed by atoms with Gasteiger partial charge < -0.3 is 15.7 Å². The lowest BCUT2D eigenvalue weighted by molar-refractivity contribution is 0.0719. The maximum absolute atomic E-state index is 12.4. The molecule has 0 fully saturated rings. The molecule has 0 aromatic heterocycles. The molecule has 0 heterocycles. The lowest BCUT2D eigenvalue weighted by atomic mass is 10.1. The number of rotatable bonds is 8. The quantitative estimate of drug-likeness (QED) is 0.573. The number of nitrogens with two attached hydrogens (primary N) is 1. The lowest BCUT2D eigenvalue weighted by Gasteiger charge is -2.22. The van der Waals surface area contributed by atoms with Crippen LogP contribution < -0.4 is 5.73 Å². The number of aliphatic hydroxyl groups excluding tert-OH is 1. The summed E-state index contributed by atoms with van der Waals surface area (Å²) in [4.78, 5) is 14.1. The Bertz CT molecular complexity index is 438. The molecule has 20 heavy (non-hydrogen) atoms. The third-order valence-electron chi connectivity index (χ3n) is 3.18. The highest BCUT2D eigenvalue weighted by Crippen LogP contribution is 2.20. The van der Waals surface area contributed by atoms with Crippen LogP contribution in [0.3, 0.4) is 0 Å². The number of carbonyl (C=O) groups is 1. The van der Waals surface area contributed by atoms with E-state index in [0.29, 0.717) is 29.4 Å². The molecule has 3 N–H and O–H groups in total. The summed E-state index contributed by atoms with van der Waals surface area (Å²) >= 11 is 5.84. The van der Waals surface area contributed by atoms with Crippen LogP contribution in [0.1, 0.15) is 43.0 Å². The maximum Gasteiger partial charge on any atom is 0.256 e. The maximum atomic E-state index is 12.4. The van der Waals surface area contributed by atoms with Crippen LogP contribution >= 0.6 is 11.6 Å². The molecule has 5 heteroatoms. The molecule has 112 valence electrons. The fourth-order valence-electron chi connectivity index (χ4n) is 2.06. The fraction of sp³-hybridized carbons (Fsp3) is 0.533. The predicted octanol–water partition coefficient (Wildman–Crippen LogP) is 2.94. The minimum atomic E-state index is -0.148. The molecular weight excluding hydrogens is 276 g/mol. The first-order valence-electron chi connectivity index (χ1n) is 7.05. The van der Waals surface area contributed by atoms with Gasteiger partial charge in [-0.15, -0.1) is 0 Å². The summed E-state index contributed by atoms with van der Waals surface area (Å²) in [5.41, 5.74) is 6.66. The first-order valence-corrected chi connectivity index (χ1v) is 7.43. The molecule has 4 nitrogen and oxygen atoms in total. The van der Waals surface area contributed by atoms with E-state index >= 15 is 0 Å². The monoisotopic (exact) mass is 298 g/mol. The van der Waals surface area contributed by atoms with Crippen LogP contribution in [-0.2, 0) is 0 Å². The topological polar surface area (TPSA) is 66.6 Å². The second-order valence-corrected chi connectivity index (χ2v) is 5.24. The second kappa shape index (κ2) is 8.82. The van der Waals surface area contributed by atoms with Gasteiger partial charge in [0.15, 0.2) is 0 Å². The Morgan fingerprint density at radius 1 is 1.30 bits per heavy atom. The number of nitrogens with zero attached hydrogens (tertiary/aromatic N) is 1. The number of carbonyl (C=O) groups excluding carboxylic acids is 1. The SMILES string of the molecule is CCCCCCN(CCO)C(=O)c1ccc(Cl)cc1N. The van der Waals surface area contributed by atoms with Crippen LogP contribution in [0.25, 0.3) is 0 Å². The zero-order valence-corrected chi connectivity index (χ0v) is 12.7. The Hall–Kier alpha value is -1.26. The first-order chi connectivity index (χ1) is 9.60. The van der Waals surface area contributed by atoms with Crippen LogP contribution in [0.15, 0.2) is 18.2 Å². The molecule has 0 bridgehead atoms. The van der Waals surface area contributed by atoms with Gasteiger partial charge in [0, 0.05) is 23.8 Å². The van der Waals surface area contributed by atoms with Gasteiger partial charge in [0.05, 0.1) is 12.2 Å². The molecule has 0 aliphatic heterocycles. The van der Waals surface area contributed by atoms with Crippen LogP contribution in [0.4, 0.5) is 5.69 Å². The van der Waals surface area contributed by atoms with Crippen molar-refractivity contribution in [1.82, 2.24) is 4.90 Å². The zero-order chi connectivity index (χ0) is 15.0. The largest absolute Gasteiger partial charge is 0.398 e. The van der Waals surface area contributed by atoms with Crippen molar-refractivity contribution in [3.05, 3.63) is 28.8 Å². The Morgan fingerprint density at radius 3 is 2.65 bits per heavy atom. The molecule has 1 amide bonds. The van der Waals surface area contributed by atoms with E-state index in [1.807, 2.05) is 0 Å². The van der Waals surface area contributed by atoms with Gasteiger partial charge in [0.2, 0.25) is 0 Å². The van der Waals surface area contributed by atoms with Crippen LogP contribution in [0.5, 0.6) is 0 Å².